The van der Waals surface area contributed by atoms with E-state index in [1.165, 1.54) is 0 Å². The molecule has 3 heteroatoms. The number of aliphatic hydroxyl groups excluding tert-OH is 1. The maximum atomic E-state index is 10.3. The van der Waals surface area contributed by atoms with Crippen LogP contribution in [0.15, 0.2) is 36.5 Å². The molecule has 0 amide bonds. The molecule has 0 aliphatic rings. The van der Waals surface area contributed by atoms with E-state index in [0.29, 0.717) is 0 Å². The van der Waals surface area contributed by atoms with Gasteiger partial charge in [-0.15, -0.1) is 0 Å². The number of hydrogen-bond acceptors (Lipinski definition) is 3. The second-order valence-electron chi connectivity index (χ2n) is 4.21. The number of aliphatic hydroxyl groups is 1. The van der Waals surface area contributed by atoms with E-state index in [2.05, 4.69) is 10.3 Å². The quantitative estimate of drug-likeness (QED) is 0.847. The van der Waals surface area contributed by atoms with Crippen molar-refractivity contribution in [2.24, 2.45) is 0 Å². The van der Waals surface area contributed by atoms with Gasteiger partial charge in [0.1, 0.15) is 0 Å². The van der Waals surface area contributed by atoms with Crippen LogP contribution in [-0.4, -0.2) is 22.7 Å². The summed E-state index contributed by atoms with van der Waals surface area (Å²) >= 11 is 0. The molecule has 2 atom stereocenters. The Morgan fingerprint density at radius 3 is 2.82 bits per heavy atom. The first-order chi connectivity index (χ1) is 8.24. The van der Waals surface area contributed by atoms with Crippen LogP contribution in [0.25, 0.3) is 10.9 Å². The molecule has 0 bridgehead atoms. The molecule has 17 heavy (non-hydrogen) atoms. The van der Waals surface area contributed by atoms with Crippen LogP contribution in [0.5, 0.6) is 0 Å². The van der Waals surface area contributed by atoms with Gasteiger partial charge in [0.05, 0.1) is 11.6 Å². The van der Waals surface area contributed by atoms with Gasteiger partial charge < -0.3 is 10.4 Å². The number of nitrogens with one attached hydrogen (secondary N) is 1. The highest BCUT2D eigenvalue weighted by molar-refractivity contribution is 5.81. The zero-order valence-corrected chi connectivity index (χ0v) is 10.2. The highest BCUT2D eigenvalue weighted by Gasteiger charge is 2.17. The number of para-hydroxylation sites is 1. The largest absolute Gasteiger partial charge is 0.387 e. The number of nitrogens with zero attached hydrogens (tertiary/aromatic N) is 1. The summed E-state index contributed by atoms with van der Waals surface area (Å²) < 4.78 is 0. The predicted molar refractivity (Wildman–Crippen MR) is 69.8 cm³/mol. The zero-order chi connectivity index (χ0) is 12.3. The van der Waals surface area contributed by atoms with Crippen molar-refractivity contribution in [3.8, 4) is 0 Å². The van der Waals surface area contributed by atoms with E-state index in [1.54, 1.807) is 6.20 Å². The summed E-state index contributed by atoms with van der Waals surface area (Å²) in [6.07, 6.45) is 1.23. The minimum absolute atomic E-state index is 0.0209. The molecule has 1 aromatic carbocycles. The number of benzene rings is 1. The molecule has 3 nitrogen and oxygen atoms in total. The lowest BCUT2D eigenvalue weighted by Gasteiger charge is -2.20. The summed E-state index contributed by atoms with van der Waals surface area (Å²) in [4.78, 5) is 4.36. The molecule has 2 rings (SSSR count). The van der Waals surface area contributed by atoms with Crippen LogP contribution in [0.3, 0.4) is 0 Å². The fraction of sp³-hybridized carbons (Fsp3) is 0.357. The maximum absolute atomic E-state index is 10.3. The van der Waals surface area contributed by atoms with Gasteiger partial charge in [0.2, 0.25) is 0 Å². The second kappa shape index (κ2) is 5.25. The first-order valence-electron chi connectivity index (χ1n) is 5.99. The first kappa shape index (κ1) is 12.0. The van der Waals surface area contributed by atoms with Crippen molar-refractivity contribution in [2.75, 3.05) is 6.54 Å². The molecule has 1 aromatic heterocycles. The van der Waals surface area contributed by atoms with Crippen molar-refractivity contribution >= 4 is 10.9 Å². The number of pyridine rings is 1. The van der Waals surface area contributed by atoms with Crippen LogP contribution in [0, 0.1) is 0 Å². The topological polar surface area (TPSA) is 45.1 Å². The van der Waals surface area contributed by atoms with Crippen LogP contribution in [0.1, 0.15) is 25.5 Å². The van der Waals surface area contributed by atoms with E-state index in [1.807, 2.05) is 44.2 Å². The van der Waals surface area contributed by atoms with Crippen molar-refractivity contribution in [3.05, 3.63) is 42.1 Å². The lowest BCUT2D eigenvalue weighted by molar-refractivity contribution is 0.138. The molecule has 2 aromatic rings. The lowest BCUT2D eigenvalue weighted by atomic mass is 10.0. The van der Waals surface area contributed by atoms with Gasteiger partial charge in [-0.25, -0.2) is 0 Å². The monoisotopic (exact) mass is 230 g/mol. The van der Waals surface area contributed by atoms with E-state index in [0.717, 1.165) is 23.0 Å². The summed E-state index contributed by atoms with van der Waals surface area (Å²) in [6.45, 7) is 4.86. The van der Waals surface area contributed by atoms with Gasteiger partial charge in [-0.1, -0.05) is 31.2 Å². The fourth-order valence-electron chi connectivity index (χ4n) is 2.07. The van der Waals surface area contributed by atoms with E-state index in [4.69, 9.17) is 0 Å². The van der Waals surface area contributed by atoms with Crippen molar-refractivity contribution in [3.63, 3.8) is 0 Å². The minimum Gasteiger partial charge on any atom is -0.387 e. The van der Waals surface area contributed by atoms with E-state index in [-0.39, 0.29) is 6.04 Å². The van der Waals surface area contributed by atoms with Gasteiger partial charge in [-0.3, -0.25) is 4.98 Å². The van der Waals surface area contributed by atoms with Crippen molar-refractivity contribution in [2.45, 2.75) is 26.0 Å². The minimum atomic E-state index is -0.534. The average molecular weight is 230 g/mol. The van der Waals surface area contributed by atoms with Crippen LogP contribution in [0.4, 0.5) is 0 Å². The molecule has 0 aliphatic heterocycles. The molecule has 0 aliphatic carbocycles. The van der Waals surface area contributed by atoms with Crippen LogP contribution >= 0.6 is 0 Å². The molecular formula is C14H18N2O. The summed E-state index contributed by atoms with van der Waals surface area (Å²) in [7, 11) is 0. The molecule has 0 saturated carbocycles. The normalized spacial score (nSPS) is 14.8. The van der Waals surface area contributed by atoms with Crippen LogP contribution in [-0.2, 0) is 0 Å². The summed E-state index contributed by atoms with van der Waals surface area (Å²) in [6, 6.07) is 9.85. The first-order valence-corrected chi connectivity index (χ1v) is 5.99. The molecule has 0 radical (unpaired) electrons. The number of rotatable bonds is 4. The Morgan fingerprint density at radius 2 is 2.06 bits per heavy atom. The van der Waals surface area contributed by atoms with Gasteiger partial charge in [0, 0.05) is 23.2 Å². The third-order valence-electron chi connectivity index (χ3n) is 2.98. The Kier molecular flexibility index (Phi) is 3.71. The highest BCUT2D eigenvalue weighted by Crippen LogP contribution is 2.24. The molecule has 0 fully saturated rings. The van der Waals surface area contributed by atoms with Gasteiger partial charge in [-0.2, -0.15) is 0 Å². The zero-order valence-electron chi connectivity index (χ0n) is 10.2. The maximum Gasteiger partial charge on any atom is 0.0961 e. The number of hydrogen-bond donors (Lipinski definition) is 2. The summed E-state index contributed by atoms with van der Waals surface area (Å²) in [5, 5.41) is 14.6. The van der Waals surface area contributed by atoms with E-state index >= 15 is 0 Å². The molecule has 2 N–H and O–H groups in total. The molecule has 90 valence electrons. The second-order valence-corrected chi connectivity index (χ2v) is 4.21. The van der Waals surface area contributed by atoms with Crippen LogP contribution in [0.2, 0.25) is 0 Å². The van der Waals surface area contributed by atoms with Crippen molar-refractivity contribution in [1.82, 2.24) is 10.3 Å². The molecule has 0 spiro atoms. The highest BCUT2D eigenvalue weighted by atomic mass is 16.3. The smallest absolute Gasteiger partial charge is 0.0961 e. The van der Waals surface area contributed by atoms with E-state index in [9.17, 15) is 5.11 Å². The van der Waals surface area contributed by atoms with Crippen LogP contribution < -0.4 is 5.32 Å². The Morgan fingerprint density at radius 1 is 1.29 bits per heavy atom. The van der Waals surface area contributed by atoms with Gasteiger partial charge in [0.25, 0.3) is 0 Å². The Bertz CT molecular complexity index is 493. The summed E-state index contributed by atoms with van der Waals surface area (Å²) in [5.41, 5.74) is 1.77. The Balaban J connectivity index is 2.41. The fourth-order valence-corrected chi connectivity index (χ4v) is 2.07. The van der Waals surface area contributed by atoms with Crippen molar-refractivity contribution < 1.29 is 5.11 Å². The lowest BCUT2D eigenvalue weighted by Crippen LogP contribution is -2.32. The third kappa shape index (κ3) is 2.46. The predicted octanol–water partition coefficient (Wildman–Crippen LogP) is 2.27. The Hall–Kier alpha value is -1.45. The molecule has 2 unspecified atom stereocenters. The van der Waals surface area contributed by atoms with Gasteiger partial charge in [0.15, 0.2) is 0 Å². The number of likely N-dealkylation sites (N-methyl/N-ethyl adjacent to an activating group) is 1. The molecular weight excluding hydrogens is 212 g/mol. The molecule has 1 heterocycles. The van der Waals surface area contributed by atoms with E-state index < -0.39 is 6.10 Å². The Labute approximate surface area is 102 Å². The average Bonchev–Trinajstić information content (AvgIpc) is 2.37. The van der Waals surface area contributed by atoms with Gasteiger partial charge >= 0.3 is 0 Å². The number of aromatic nitrogens is 1. The molecule has 0 saturated heterocycles. The standard InChI is InChI=1S/C14H18N2O/c1-3-15-10(2)14(17)12-8-4-6-11-7-5-9-16-13(11)12/h4-10,14-15,17H,3H2,1-2H3. The SMILES string of the molecule is CCNC(C)C(O)c1cccc2cccnc12. The third-order valence-corrected chi connectivity index (χ3v) is 2.98. The number of fused-ring (bicyclic) bond motifs is 1. The van der Waals surface area contributed by atoms with Gasteiger partial charge in [-0.05, 0) is 19.5 Å². The van der Waals surface area contributed by atoms with Crippen molar-refractivity contribution in [1.29, 1.82) is 0 Å². The summed E-state index contributed by atoms with van der Waals surface area (Å²) in [5.74, 6) is 0.